The fourth-order valence-corrected chi connectivity index (χ4v) is 2.57. The molecule has 1 unspecified atom stereocenters. The van der Waals surface area contributed by atoms with E-state index in [4.69, 9.17) is 22.7 Å². The van der Waals surface area contributed by atoms with Crippen LogP contribution in [-0.4, -0.2) is 29.6 Å². The molecule has 1 aliphatic heterocycles. The van der Waals surface area contributed by atoms with E-state index >= 15 is 0 Å². The molecule has 1 fully saturated rings. The SMILES string of the molecule is CCC(CC)(C(=O)NC1(C)CCOC1)C(N)=S. The summed E-state index contributed by atoms with van der Waals surface area (Å²) in [5.74, 6) is -0.0667. The summed E-state index contributed by atoms with van der Waals surface area (Å²) in [6.45, 7) is 7.12. The molecule has 0 aromatic carbocycles. The highest BCUT2D eigenvalue weighted by atomic mass is 32.1. The van der Waals surface area contributed by atoms with Gasteiger partial charge >= 0.3 is 0 Å². The zero-order chi connectivity index (χ0) is 13.1. The van der Waals surface area contributed by atoms with E-state index in [1.54, 1.807) is 0 Å². The standard InChI is InChI=1S/C12H22N2O2S/c1-4-12(5-2,9(13)17)10(15)14-11(3)6-7-16-8-11/h4-8H2,1-3H3,(H2,13,17)(H,14,15). The minimum atomic E-state index is -0.721. The highest BCUT2D eigenvalue weighted by Gasteiger charge is 2.42. The summed E-state index contributed by atoms with van der Waals surface area (Å²) in [5, 5.41) is 3.05. The van der Waals surface area contributed by atoms with Gasteiger partial charge in [-0.25, -0.2) is 0 Å². The summed E-state index contributed by atoms with van der Waals surface area (Å²) in [7, 11) is 0. The van der Waals surface area contributed by atoms with Crippen molar-refractivity contribution in [2.24, 2.45) is 11.1 Å². The van der Waals surface area contributed by atoms with Gasteiger partial charge in [-0.15, -0.1) is 0 Å². The van der Waals surface area contributed by atoms with Gasteiger partial charge in [0, 0.05) is 6.61 Å². The van der Waals surface area contributed by atoms with Crippen molar-refractivity contribution in [2.75, 3.05) is 13.2 Å². The lowest BCUT2D eigenvalue weighted by Gasteiger charge is -2.33. The highest BCUT2D eigenvalue weighted by Crippen LogP contribution is 2.29. The van der Waals surface area contributed by atoms with Crippen LogP contribution in [-0.2, 0) is 9.53 Å². The predicted molar refractivity (Wildman–Crippen MR) is 71.8 cm³/mol. The van der Waals surface area contributed by atoms with Crippen LogP contribution in [0.2, 0.25) is 0 Å². The van der Waals surface area contributed by atoms with E-state index < -0.39 is 5.41 Å². The number of hydrogen-bond donors (Lipinski definition) is 2. The van der Waals surface area contributed by atoms with Gasteiger partial charge in [0.05, 0.1) is 22.5 Å². The van der Waals surface area contributed by atoms with Crippen LogP contribution in [0.15, 0.2) is 0 Å². The Kier molecular flexibility index (Phi) is 4.49. The third kappa shape index (κ3) is 2.77. The van der Waals surface area contributed by atoms with E-state index in [-0.39, 0.29) is 16.4 Å². The molecule has 0 aliphatic carbocycles. The number of thiocarbonyl (C=S) groups is 1. The van der Waals surface area contributed by atoms with Gasteiger partial charge < -0.3 is 15.8 Å². The first-order chi connectivity index (χ1) is 7.90. The van der Waals surface area contributed by atoms with E-state index in [9.17, 15) is 4.79 Å². The van der Waals surface area contributed by atoms with Gasteiger partial charge in [0.1, 0.15) is 0 Å². The lowest BCUT2D eigenvalue weighted by Crippen LogP contribution is -2.55. The molecule has 1 rings (SSSR count). The lowest BCUT2D eigenvalue weighted by atomic mass is 9.80. The lowest BCUT2D eigenvalue weighted by molar-refractivity contribution is -0.129. The summed E-state index contributed by atoms with van der Waals surface area (Å²) in [4.78, 5) is 12.7. The fourth-order valence-electron chi connectivity index (χ4n) is 2.19. The summed E-state index contributed by atoms with van der Waals surface area (Å²) in [6, 6.07) is 0. The average molecular weight is 258 g/mol. The maximum absolute atomic E-state index is 12.4. The minimum Gasteiger partial charge on any atom is -0.392 e. The van der Waals surface area contributed by atoms with E-state index in [2.05, 4.69) is 5.32 Å². The Morgan fingerprint density at radius 3 is 2.47 bits per heavy atom. The topological polar surface area (TPSA) is 64.3 Å². The zero-order valence-corrected chi connectivity index (χ0v) is 11.7. The maximum Gasteiger partial charge on any atom is 0.233 e. The van der Waals surface area contributed by atoms with E-state index in [1.807, 2.05) is 20.8 Å². The van der Waals surface area contributed by atoms with Gasteiger partial charge in [-0.3, -0.25) is 4.79 Å². The van der Waals surface area contributed by atoms with Crippen molar-refractivity contribution in [2.45, 2.75) is 45.6 Å². The Bertz CT molecular complexity index is 308. The Balaban J connectivity index is 2.82. The number of carbonyl (C=O) groups excluding carboxylic acids is 1. The number of nitrogens with two attached hydrogens (primary N) is 1. The van der Waals surface area contributed by atoms with Crippen LogP contribution in [0, 0.1) is 5.41 Å². The molecule has 98 valence electrons. The van der Waals surface area contributed by atoms with Gasteiger partial charge in [0.15, 0.2) is 0 Å². The van der Waals surface area contributed by atoms with Gasteiger partial charge in [0.25, 0.3) is 0 Å². The second kappa shape index (κ2) is 5.31. The fraction of sp³-hybridized carbons (Fsp3) is 0.833. The molecular formula is C12H22N2O2S. The second-order valence-corrected chi connectivity index (χ2v) is 5.41. The van der Waals surface area contributed by atoms with Crippen molar-refractivity contribution < 1.29 is 9.53 Å². The number of hydrogen-bond acceptors (Lipinski definition) is 3. The molecule has 1 atom stereocenters. The van der Waals surface area contributed by atoms with Gasteiger partial charge in [-0.2, -0.15) is 0 Å². The first kappa shape index (κ1) is 14.4. The van der Waals surface area contributed by atoms with E-state index in [0.29, 0.717) is 26.1 Å². The largest absolute Gasteiger partial charge is 0.392 e. The second-order valence-electron chi connectivity index (χ2n) is 4.97. The molecule has 5 heteroatoms. The third-order valence-electron chi connectivity index (χ3n) is 3.75. The molecule has 1 aliphatic rings. The quantitative estimate of drug-likeness (QED) is 0.731. The van der Waals surface area contributed by atoms with Crippen molar-refractivity contribution in [3.8, 4) is 0 Å². The molecule has 1 heterocycles. The molecule has 4 nitrogen and oxygen atoms in total. The summed E-state index contributed by atoms with van der Waals surface area (Å²) >= 11 is 5.07. The van der Waals surface area contributed by atoms with Crippen LogP contribution in [0.4, 0.5) is 0 Å². The average Bonchev–Trinajstić information content (AvgIpc) is 2.66. The maximum atomic E-state index is 12.4. The Hall–Kier alpha value is -0.680. The normalized spacial score (nSPS) is 24.6. The predicted octanol–water partition coefficient (Wildman–Crippen LogP) is 1.37. The minimum absolute atomic E-state index is 0.0667. The molecule has 0 spiro atoms. The number of ether oxygens (including phenoxy) is 1. The molecule has 0 aromatic rings. The van der Waals surface area contributed by atoms with Crippen LogP contribution < -0.4 is 11.1 Å². The molecule has 0 saturated carbocycles. The monoisotopic (exact) mass is 258 g/mol. The number of rotatable bonds is 5. The molecule has 1 amide bonds. The van der Waals surface area contributed by atoms with Crippen molar-refractivity contribution in [3.05, 3.63) is 0 Å². The molecule has 3 N–H and O–H groups in total. The molecule has 0 radical (unpaired) electrons. The Morgan fingerprint density at radius 1 is 1.53 bits per heavy atom. The first-order valence-corrected chi connectivity index (χ1v) is 6.51. The molecular weight excluding hydrogens is 236 g/mol. The van der Waals surface area contributed by atoms with Crippen LogP contribution in [0.5, 0.6) is 0 Å². The van der Waals surface area contributed by atoms with Crippen LogP contribution in [0.1, 0.15) is 40.0 Å². The van der Waals surface area contributed by atoms with Crippen molar-refractivity contribution in [1.82, 2.24) is 5.32 Å². The number of amides is 1. The number of nitrogens with one attached hydrogen (secondary N) is 1. The van der Waals surface area contributed by atoms with Gasteiger partial charge in [0.2, 0.25) is 5.91 Å². The van der Waals surface area contributed by atoms with E-state index in [0.717, 1.165) is 6.42 Å². The molecule has 0 aromatic heterocycles. The summed E-state index contributed by atoms with van der Waals surface area (Å²) < 4.78 is 5.32. The molecule has 1 saturated heterocycles. The van der Waals surface area contributed by atoms with Gasteiger partial charge in [-0.1, -0.05) is 26.1 Å². The first-order valence-electron chi connectivity index (χ1n) is 6.10. The van der Waals surface area contributed by atoms with Crippen LogP contribution >= 0.6 is 12.2 Å². The van der Waals surface area contributed by atoms with E-state index in [1.165, 1.54) is 0 Å². The number of carbonyl (C=O) groups is 1. The third-order valence-corrected chi connectivity index (χ3v) is 4.14. The van der Waals surface area contributed by atoms with Crippen molar-refractivity contribution in [3.63, 3.8) is 0 Å². The van der Waals surface area contributed by atoms with Crippen molar-refractivity contribution in [1.29, 1.82) is 0 Å². The smallest absolute Gasteiger partial charge is 0.233 e. The Labute approximate surface area is 108 Å². The van der Waals surface area contributed by atoms with Crippen molar-refractivity contribution >= 4 is 23.1 Å². The summed E-state index contributed by atoms with van der Waals surface area (Å²) in [5.41, 5.74) is 4.75. The highest BCUT2D eigenvalue weighted by molar-refractivity contribution is 7.80. The molecule has 17 heavy (non-hydrogen) atoms. The van der Waals surface area contributed by atoms with Gasteiger partial charge in [-0.05, 0) is 26.2 Å². The zero-order valence-electron chi connectivity index (χ0n) is 10.8. The summed E-state index contributed by atoms with van der Waals surface area (Å²) in [6.07, 6.45) is 2.09. The Morgan fingerprint density at radius 2 is 2.12 bits per heavy atom. The van der Waals surface area contributed by atoms with Crippen LogP contribution in [0.3, 0.4) is 0 Å². The van der Waals surface area contributed by atoms with Crippen LogP contribution in [0.25, 0.3) is 0 Å². The molecule has 0 bridgehead atoms.